The van der Waals surface area contributed by atoms with Crippen LogP contribution in [0.15, 0.2) is 12.1 Å². The van der Waals surface area contributed by atoms with Crippen LogP contribution in [0.3, 0.4) is 0 Å². The fourth-order valence-electron chi connectivity index (χ4n) is 4.52. The fraction of sp³-hybridized carbons (Fsp3) is 0.609. The molecule has 0 aliphatic carbocycles. The van der Waals surface area contributed by atoms with Crippen LogP contribution >= 0.6 is 11.6 Å². The second-order valence-corrected chi connectivity index (χ2v) is 8.92. The van der Waals surface area contributed by atoms with Gasteiger partial charge in [-0.2, -0.15) is 0 Å². The van der Waals surface area contributed by atoms with Crippen molar-refractivity contribution in [3.05, 3.63) is 34.4 Å². The first kappa shape index (κ1) is 23.8. The van der Waals surface area contributed by atoms with E-state index in [4.69, 9.17) is 25.8 Å². The van der Waals surface area contributed by atoms with Gasteiger partial charge in [-0.3, -0.25) is 9.69 Å². The Morgan fingerprint density at radius 1 is 1.21 bits per heavy atom. The van der Waals surface area contributed by atoms with Crippen molar-refractivity contribution in [3.8, 4) is 11.5 Å². The van der Waals surface area contributed by atoms with Crippen LogP contribution in [0.2, 0.25) is 5.02 Å². The normalized spacial score (nSPS) is 18.3. The molecule has 0 saturated carbocycles. The molecule has 2 aliphatic heterocycles. The highest BCUT2D eigenvalue weighted by Gasteiger charge is 2.27. The molecule has 1 amide bonds. The minimum atomic E-state index is -0.201. The zero-order valence-corrected chi connectivity index (χ0v) is 20.2. The van der Waals surface area contributed by atoms with E-state index in [2.05, 4.69) is 25.0 Å². The van der Waals surface area contributed by atoms with Crippen LogP contribution in [0.1, 0.15) is 43.0 Å². The van der Waals surface area contributed by atoms with Gasteiger partial charge in [-0.1, -0.05) is 17.7 Å². The topological polar surface area (TPSA) is 90.7 Å². The van der Waals surface area contributed by atoms with Crippen LogP contribution in [0.4, 0.5) is 0 Å². The Labute approximate surface area is 199 Å². The van der Waals surface area contributed by atoms with Gasteiger partial charge in [-0.15, -0.1) is 10.2 Å². The number of hydrogen-bond donors (Lipinski definition) is 1. The first-order valence-electron chi connectivity index (χ1n) is 11.4. The number of hydrogen-bond acceptors (Lipinski definition) is 7. The van der Waals surface area contributed by atoms with Crippen molar-refractivity contribution in [1.29, 1.82) is 0 Å². The number of nitrogens with zero attached hydrogens (tertiary/aromatic N) is 4. The van der Waals surface area contributed by atoms with Gasteiger partial charge in [0.05, 0.1) is 25.3 Å². The molecule has 2 aromatic rings. The highest BCUT2D eigenvalue weighted by molar-refractivity contribution is 6.33. The monoisotopic (exact) mass is 477 g/mol. The van der Waals surface area contributed by atoms with E-state index < -0.39 is 0 Å². The smallest absolute Gasteiger partial charge is 0.223 e. The van der Waals surface area contributed by atoms with Gasteiger partial charge in [-0.05, 0) is 31.4 Å². The number of carbonyl (C=O) groups excluding carboxylic acids is 1. The number of rotatable bonds is 7. The molecule has 1 aromatic heterocycles. The Hall–Kier alpha value is -2.36. The minimum Gasteiger partial charge on any atom is -0.493 e. The lowest BCUT2D eigenvalue weighted by Gasteiger charge is -2.24. The Bertz CT molecular complexity index is 976. The largest absolute Gasteiger partial charge is 0.493 e. The molecule has 33 heavy (non-hydrogen) atoms. The number of nitrogens with one attached hydrogen (secondary N) is 1. The maximum Gasteiger partial charge on any atom is 0.223 e. The maximum absolute atomic E-state index is 12.7. The molecule has 4 rings (SSSR count). The maximum atomic E-state index is 12.7. The van der Waals surface area contributed by atoms with Crippen LogP contribution in [-0.2, 0) is 29.0 Å². The number of benzene rings is 1. The zero-order chi connectivity index (χ0) is 23.4. The van der Waals surface area contributed by atoms with Crippen LogP contribution in [0.5, 0.6) is 11.5 Å². The summed E-state index contributed by atoms with van der Waals surface area (Å²) in [6.45, 7) is 6.37. The summed E-state index contributed by atoms with van der Waals surface area (Å²) in [5.41, 5.74) is 0.990. The van der Waals surface area contributed by atoms with Crippen LogP contribution in [0, 0.1) is 5.92 Å². The van der Waals surface area contributed by atoms with Gasteiger partial charge in [0.25, 0.3) is 0 Å². The molecule has 2 aliphatic rings. The summed E-state index contributed by atoms with van der Waals surface area (Å²) < 4.78 is 18.3. The lowest BCUT2D eigenvalue weighted by atomic mass is 9.99. The van der Waals surface area contributed by atoms with E-state index in [0.717, 1.165) is 56.1 Å². The summed E-state index contributed by atoms with van der Waals surface area (Å²) in [5.74, 6) is 3.00. The van der Waals surface area contributed by atoms with Crippen molar-refractivity contribution in [3.63, 3.8) is 0 Å². The van der Waals surface area contributed by atoms with Crippen molar-refractivity contribution in [1.82, 2.24) is 25.0 Å². The van der Waals surface area contributed by atoms with E-state index in [1.165, 1.54) is 0 Å². The predicted molar refractivity (Wildman–Crippen MR) is 124 cm³/mol. The van der Waals surface area contributed by atoms with E-state index in [9.17, 15) is 4.79 Å². The van der Waals surface area contributed by atoms with Crippen molar-refractivity contribution in [2.24, 2.45) is 5.92 Å². The second kappa shape index (κ2) is 10.7. The third-order valence-electron chi connectivity index (χ3n) is 6.44. The zero-order valence-electron chi connectivity index (χ0n) is 19.5. The first-order valence-corrected chi connectivity index (χ1v) is 11.8. The van der Waals surface area contributed by atoms with Gasteiger partial charge in [0.2, 0.25) is 5.91 Å². The van der Waals surface area contributed by atoms with Gasteiger partial charge in [0, 0.05) is 51.7 Å². The van der Waals surface area contributed by atoms with Gasteiger partial charge < -0.3 is 24.1 Å². The highest BCUT2D eigenvalue weighted by atomic mass is 35.5. The van der Waals surface area contributed by atoms with Gasteiger partial charge in [-0.25, -0.2) is 0 Å². The van der Waals surface area contributed by atoms with Crippen molar-refractivity contribution >= 4 is 17.5 Å². The van der Waals surface area contributed by atoms with Crippen LogP contribution < -0.4 is 14.8 Å². The second-order valence-electron chi connectivity index (χ2n) is 8.54. The molecule has 10 heteroatoms. The first-order chi connectivity index (χ1) is 16.0. The average molecular weight is 478 g/mol. The highest BCUT2D eigenvalue weighted by Crippen LogP contribution is 2.37. The summed E-state index contributed by atoms with van der Waals surface area (Å²) in [6.07, 6.45) is 2.31. The quantitative estimate of drug-likeness (QED) is 0.655. The number of ether oxygens (including phenoxy) is 3. The molecule has 1 aromatic carbocycles. The van der Waals surface area contributed by atoms with Gasteiger partial charge >= 0.3 is 0 Å². The number of halogens is 1. The van der Waals surface area contributed by atoms with Crippen LogP contribution in [-0.4, -0.2) is 66.1 Å². The Morgan fingerprint density at radius 3 is 2.73 bits per heavy atom. The summed E-state index contributed by atoms with van der Waals surface area (Å²) in [4.78, 5) is 15.0. The molecular formula is C23H32ClN5O4. The molecule has 1 saturated heterocycles. The Balaban J connectivity index is 1.41. The molecular weight excluding hydrogens is 446 g/mol. The molecule has 0 unspecified atom stereocenters. The van der Waals surface area contributed by atoms with Gasteiger partial charge in [0.15, 0.2) is 17.3 Å². The average Bonchev–Trinajstić information content (AvgIpc) is 3.14. The lowest BCUT2D eigenvalue weighted by Crippen LogP contribution is -2.36. The number of aromatic nitrogens is 3. The molecule has 180 valence electrons. The summed E-state index contributed by atoms with van der Waals surface area (Å²) >= 11 is 6.59. The van der Waals surface area contributed by atoms with Crippen molar-refractivity contribution in [2.45, 2.75) is 45.3 Å². The molecule has 1 N–H and O–H groups in total. The van der Waals surface area contributed by atoms with E-state index in [1.807, 2.05) is 19.1 Å². The van der Waals surface area contributed by atoms with E-state index in [0.29, 0.717) is 36.3 Å². The number of fused-ring (bicyclic) bond motifs is 1. The van der Waals surface area contributed by atoms with E-state index >= 15 is 0 Å². The molecule has 3 heterocycles. The molecule has 1 fully saturated rings. The predicted octanol–water partition coefficient (Wildman–Crippen LogP) is 2.61. The molecule has 0 spiro atoms. The minimum absolute atomic E-state index is 0.00875. The van der Waals surface area contributed by atoms with E-state index in [1.54, 1.807) is 14.2 Å². The third-order valence-corrected chi connectivity index (χ3v) is 6.86. The van der Waals surface area contributed by atoms with Crippen molar-refractivity contribution < 1.29 is 19.0 Å². The lowest BCUT2D eigenvalue weighted by molar-refractivity contribution is -0.128. The van der Waals surface area contributed by atoms with Gasteiger partial charge in [0.1, 0.15) is 5.82 Å². The fourth-order valence-corrected chi connectivity index (χ4v) is 4.81. The number of amides is 1. The van der Waals surface area contributed by atoms with Crippen molar-refractivity contribution in [2.75, 3.05) is 40.5 Å². The SMILES string of the molecule is COc1ccc(CN2CCc3nnc([C@@H](C)NC(=O)C4CCOCC4)n3CC2)c(Cl)c1OC. The molecule has 1 atom stereocenters. The van der Waals surface area contributed by atoms with E-state index in [-0.39, 0.29) is 17.9 Å². The molecule has 0 bridgehead atoms. The Kier molecular flexibility index (Phi) is 7.72. The van der Waals surface area contributed by atoms with Crippen LogP contribution in [0.25, 0.3) is 0 Å². The molecule has 9 nitrogen and oxygen atoms in total. The summed E-state index contributed by atoms with van der Waals surface area (Å²) in [5, 5.41) is 12.5. The standard InChI is InChI=1S/C23H32ClN5O4/c1-15(25-23(30)16-7-12-33-13-8-16)22-27-26-19-6-9-28(10-11-29(19)22)14-17-4-5-18(31-2)21(32-3)20(17)24/h4-5,15-16H,6-14H2,1-3H3,(H,25,30)/t15-/m1/s1. The Morgan fingerprint density at radius 2 is 2.00 bits per heavy atom. The number of methoxy groups -OCH3 is 2. The number of carbonyl (C=O) groups is 1. The molecule has 0 radical (unpaired) electrons. The summed E-state index contributed by atoms with van der Waals surface area (Å²) in [7, 11) is 3.19. The summed E-state index contributed by atoms with van der Waals surface area (Å²) in [6, 6.07) is 3.66. The third kappa shape index (κ3) is 5.26.